The van der Waals surface area contributed by atoms with E-state index in [0.29, 0.717) is 17.2 Å². The lowest BCUT2D eigenvalue weighted by Crippen LogP contribution is -2.34. The molecule has 0 saturated heterocycles. The van der Waals surface area contributed by atoms with Gasteiger partial charge in [0.2, 0.25) is 0 Å². The highest BCUT2D eigenvalue weighted by atomic mass is 32.2. The molecule has 212 valence electrons. The fraction of sp³-hybridized carbons (Fsp3) is 0.280. The van der Waals surface area contributed by atoms with Crippen molar-refractivity contribution in [1.29, 1.82) is 0 Å². The van der Waals surface area contributed by atoms with Gasteiger partial charge in [0.05, 0.1) is 33.5 Å². The average Bonchev–Trinajstić information content (AvgIpc) is 2.95. The van der Waals surface area contributed by atoms with Crippen LogP contribution in [0, 0.1) is 27.2 Å². The molecule has 0 amide bonds. The Morgan fingerprint density at radius 2 is 1.32 bits per heavy atom. The van der Waals surface area contributed by atoms with E-state index in [4.69, 9.17) is 28.2 Å². The van der Waals surface area contributed by atoms with Gasteiger partial charge in [-0.15, -0.1) is 0 Å². The second kappa shape index (κ2) is 12.1. The van der Waals surface area contributed by atoms with E-state index in [1.54, 1.807) is 12.1 Å². The van der Waals surface area contributed by atoms with Crippen LogP contribution in [0.15, 0.2) is 65.6 Å². The standard InChI is InChI=1S/C16H15NO7S.C9H9NO5/c1-11-2-5-14(6-3-11)25(20,21)23-10-13-9-22-15-7-4-12(17(18)19)8-16(15)24-13;11-4-7-5-14-8-2-1-6(10(12)13)3-9(8)15-7/h2-8,13H,9-10H2,1H3;1-3,7,11H,4-5H2. The first-order valence-electron chi connectivity index (χ1n) is 11.8. The average molecular weight is 577 g/mol. The van der Waals surface area contributed by atoms with Crippen LogP contribution in [0.25, 0.3) is 0 Å². The highest BCUT2D eigenvalue weighted by molar-refractivity contribution is 7.86. The predicted octanol–water partition coefficient (Wildman–Crippen LogP) is 3.18. The van der Waals surface area contributed by atoms with Gasteiger partial charge < -0.3 is 24.1 Å². The van der Waals surface area contributed by atoms with E-state index in [0.717, 1.165) is 5.56 Å². The van der Waals surface area contributed by atoms with Crippen LogP contribution in [-0.2, 0) is 14.3 Å². The molecule has 2 atom stereocenters. The van der Waals surface area contributed by atoms with E-state index < -0.39 is 32.2 Å². The maximum Gasteiger partial charge on any atom is 0.297 e. The second-order valence-corrected chi connectivity index (χ2v) is 10.2. The first kappa shape index (κ1) is 28.5. The second-order valence-electron chi connectivity index (χ2n) is 8.61. The quantitative estimate of drug-likeness (QED) is 0.246. The van der Waals surface area contributed by atoms with Crippen molar-refractivity contribution < 1.29 is 46.5 Å². The minimum absolute atomic E-state index is 0.0471. The zero-order valence-electron chi connectivity index (χ0n) is 21.0. The van der Waals surface area contributed by atoms with Crippen LogP contribution in [0.1, 0.15) is 5.56 Å². The fourth-order valence-electron chi connectivity index (χ4n) is 3.55. The Balaban J connectivity index is 0.000000210. The zero-order valence-corrected chi connectivity index (χ0v) is 21.8. The molecule has 2 unspecified atom stereocenters. The van der Waals surface area contributed by atoms with Gasteiger partial charge in [-0.25, -0.2) is 0 Å². The van der Waals surface area contributed by atoms with Crippen LogP contribution < -0.4 is 18.9 Å². The zero-order chi connectivity index (χ0) is 28.9. The number of nitro groups is 2. The molecule has 2 aliphatic heterocycles. The molecule has 14 nitrogen and oxygen atoms in total. The molecule has 15 heteroatoms. The van der Waals surface area contributed by atoms with E-state index in [1.807, 2.05) is 6.92 Å². The Morgan fingerprint density at radius 3 is 1.82 bits per heavy atom. The monoisotopic (exact) mass is 576 g/mol. The van der Waals surface area contributed by atoms with Gasteiger partial charge in [0, 0.05) is 12.1 Å². The number of aryl methyl sites for hydroxylation is 1. The van der Waals surface area contributed by atoms with Crippen molar-refractivity contribution in [2.24, 2.45) is 0 Å². The third kappa shape index (κ3) is 6.93. The third-order valence-electron chi connectivity index (χ3n) is 5.64. The summed E-state index contributed by atoms with van der Waals surface area (Å²) in [6, 6.07) is 14.4. The predicted molar refractivity (Wildman–Crippen MR) is 137 cm³/mol. The number of aliphatic hydroxyl groups is 1. The molecule has 3 aromatic carbocycles. The summed E-state index contributed by atoms with van der Waals surface area (Å²) in [5.74, 6) is 1.31. The number of fused-ring (bicyclic) bond motifs is 2. The summed E-state index contributed by atoms with van der Waals surface area (Å²) < 4.78 is 50.9. The first-order valence-corrected chi connectivity index (χ1v) is 13.2. The van der Waals surface area contributed by atoms with Gasteiger partial charge >= 0.3 is 0 Å². The Kier molecular flexibility index (Phi) is 8.67. The Hall–Kier alpha value is -4.47. The van der Waals surface area contributed by atoms with Gasteiger partial charge in [-0.05, 0) is 31.2 Å². The van der Waals surface area contributed by atoms with Crippen LogP contribution in [0.4, 0.5) is 11.4 Å². The van der Waals surface area contributed by atoms with Gasteiger partial charge in [0.15, 0.2) is 35.2 Å². The van der Waals surface area contributed by atoms with Crippen molar-refractivity contribution in [3.63, 3.8) is 0 Å². The highest BCUT2D eigenvalue weighted by Crippen LogP contribution is 2.36. The van der Waals surface area contributed by atoms with Crippen molar-refractivity contribution in [3.05, 3.63) is 86.5 Å². The van der Waals surface area contributed by atoms with Crippen LogP contribution in [-0.4, -0.2) is 62.0 Å². The highest BCUT2D eigenvalue weighted by Gasteiger charge is 2.26. The summed E-state index contributed by atoms with van der Waals surface area (Å²) in [6.45, 7) is 1.73. The van der Waals surface area contributed by atoms with E-state index >= 15 is 0 Å². The van der Waals surface area contributed by atoms with E-state index in [1.165, 1.54) is 48.5 Å². The summed E-state index contributed by atoms with van der Waals surface area (Å²) in [6.07, 6.45) is -1.16. The molecule has 0 aromatic heterocycles. The summed E-state index contributed by atoms with van der Waals surface area (Å²) in [5.41, 5.74) is 0.730. The lowest BCUT2D eigenvalue weighted by Gasteiger charge is -2.25. The fourth-order valence-corrected chi connectivity index (χ4v) is 4.48. The number of ether oxygens (including phenoxy) is 4. The van der Waals surface area contributed by atoms with Gasteiger partial charge in [-0.3, -0.25) is 24.4 Å². The first-order chi connectivity index (χ1) is 19.1. The van der Waals surface area contributed by atoms with Crippen LogP contribution in [0.5, 0.6) is 23.0 Å². The Morgan fingerprint density at radius 1 is 0.825 bits per heavy atom. The molecule has 0 saturated carbocycles. The van der Waals surface area contributed by atoms with Gasteiger partial charge in [0.1, 0.15) is 19.8 Å². The lowest BCUT2D eigenvalue weighted by atomic mass is 10.2. The molecule has 3 aromatic rings. The van der Waals surface area contributed by atoms with Crippen molar-refractivity contribution in [2.75, 3.05) is 26.4 Å². The summed E-state index contributed by atoms with van der Waals surface area (Å²) >= 11 is 0. The molecule has 0 spiro atoms. The van der Waals surface area contributed by atoms with Gasteiger partial charge in [0.25, 0.3) is 21.5 Å². The number of rotatable bonds is 7. The van der Waals surface area contributed by atoms with Crippen molar-refractivity contribution in [2.45, 2.75) is 24.0 Å². The number of benzene rings is 3. The normalized spacial score (nSPS) is 17.2. The number of nitro benzene ring substituents is 2. The Labute approximate surface area is 228 Å². The number of hydrogen-bond donors (Lipinski definition) is 1. The minimum atomic E-state index is -3.92. The van der Waals surface area contributed by atoms with E-state index in [-0.39, 0.29) is 48.4 Å². The molecule has 0 bridgehead atoms. The maximum atomic E-state index is 12.2. The molecular weight excluding hydrogens is 552 g/mol. The number of hydrogen-bond acceptors (Lipinski definition) is 12. The molecule has 1 N–H and O–H groups in total. The summed E-state index contributed by atoms with van der Waals surface area (Å²) in [4.78, 5) is 20.3. The molecule has 5 rings (SSSR count). The SMILES string of the molecule is Cc1ccc(S(=O)(=O)OCC2COc3ccc([N+](=O)[O-])cc3O2)cc1.O=[N+]([O-])c1ccc2c(c1)OC(CO)CO2. The maximum absolute atomic E-state index is 12.2. The Bertz CT molecular complexity index is 1490. The summed E-state index contributed by atoms with van der Waals surface area (Å²) in [5, 5.41) is 30.2. The number of nitrogens with zero attached hydrogens (tertiary/aromatic N) is 2. The van der Waals surface area contributed by atoms with Crippen LogP contribution >= 0.6 is 0 Å². The molecule has 2 aliphatic rings. The molecule has 0 fully saturated rings. The molecule has 0 radical (unpaired) electrons. The lowest BCUT2D eigenvalue weighted by molar-refractivity contribution is -0.385. The number of non-ortho nitro benzene ring substituents is 2. The molecule has 0 aliphatic carbocycles. The minimum Gasteiger partial charge on any atom is -0.486 e. The van der Waals surface area contributed by atoms with E-state index in [2.05, 4.69) is 0 Å². The molecular formula is C25H24N2O12S. The number of aliphatic hydroxyl groups excluding tert-OH is 1. The summed E-state index contributed by atoms with van der Waals surface area (Å²) in [7, 11) is -3.92. The van der Waals surface area contributed by atoms with Gasteiger partial charge in [-0.2, -0.15) is 8.42 Å². The molecule has 40 heavy (non-hydrogen) atoms. The molecule has 2 heterocycles. The van der Waals surface area contributed by atoms with Crippen molar-refractivity contribution >= 4 is 21.5 Å². The van der Waals surface area contributed by atoms with Crippen LogP contribution in [0.2, 0.25) is 0 Å². The van der Waals surface area contributed by atoms with E-state index in [9.17, 15) is 28.6 Å². The topological polar surface area (TPSA) is 187 Å². The smallest absolute Gasteiger partial charge is 0.297 e. The van der Waals surface area contributed by atoms with Crippen molar-refractivity contribution in [1.82, 2.24) is 0 Å². The third-order valence-corrected chi connectivity index (χ3v) is 6.93. The van der Waals surface area contributed by atoms with Gasteiger partial charge in [-0.1, -0.05) is 17.7 Å². The van der Waals surface area contributed by atoms with Crippen LogP contribution in [0.3, 0.4) is 0 Å². The van der Waals surface area contributed by atoms with Crippen molar-refractivity contribution in [3.8, 4) is 23.0 Å². The largest absolute Gasteiger partial charge is 0.486 e.